The summed E-state index contributed by atoms with van der Waals surface area (Å²) in [5.74, 6) is -5.18. The third-order valence-electron chi connectivity index (χ3n) is 17.7. The van der Waals surface area contributed by atoms with Crippen molar-refractivity contribution in [2.24, 2.45) is 28.1 Å². The van der Waals surface area contributed by atoms with Gasteiger partial charge in [-0.2, -0.15) is 0 Å². The quantitative estimate of drug-likeness (QED) is 0.0505. The number of aromatic nitrogens is 1. The Balaban J connectivity index is 1.29. The summed E-state index contributed by atoms with van der Waals surface area (Å²) in [6.07, 6.45) is -3.87. The van der Waals surface area contributed by atoms with Crippen LogP contribution >= 0.6 is 11.9 Å². The Bertz CT molecular complexity index is 3120. The summed E-state index contributed by atoms with van der Waals surface area (Å²) < 4.78 is 66.4. The molecule has 4 aromatic carbocycles. The predicted molar refractivity (Wildman–Crippen MR) is 335 cm³/mol. The fraction of sp³-hybridized carbons (Fsp3) is 0.522. The van der Waals surface area contributed by atoms with Crippen LogP contribution in [0.4, 0.5) is 0 Å². The van der Waals surface area contributed by atoms with Gasteiger partial charge in [-0.3, -0.25) is 9.78 Å². The highest BCUT2D eigenvalue weighted by atomic mass is 32.2. The minimum absolute atomic E-state index is 0.0370. The first kappa shape index (κ1) is 67.0. The van der Waals surface area contributed by atoms with Crippen molar-refractivity contribution in [3.8, 4) is 0 Å². The van der Waals surface area contributed by atoms with E-state index in [-0.39, 0.29) is 25.9 Å². The van der Waals surface area contributed by atoms with Gasteiger partial charge in [0.15, 0.2) is 24.8 Å². The number of nitrogens with zero attached hydrogens (tertiary/aromatic N) is 3. The second-order valence-corrected chi connectivity index (χ2v) is 25.4. The molecule has 4 heterocycles. The number of pyridine rings is 1. The first-order chi connectivity index (χ1) is 41.5. The first-order valence-electron chi connectivity index (χ1n) is 30.4. The number of ether oxygens (including phenoxy) is 9. The molecule has 2 N–H and O–H groups in total. The number of carbonyl (C=O) groups is 3. The van der Waals surface area contributed by atoms with E-state index in [1.54, 1.807) is 75.5 Å². The summed E-state index contributed by atoms with van der Waals surface area (Å²) in [5, 5.41) is 26.1. The van der Waals surface area contributed by atoms with Crippen LogP contribution in [-0.4, -0.2) is 156 Å². The first-order valence-corrected chi connectivity index (χ1v) is 31.2. The van der Waals surface area contributed by atoms with Crippen molar-refractivity contribution < 1.29 is 67.2 Å². The Morgan fingerprint density at radius 1 is 0.782 bits per heavy atom. The summed E-state index contributed by atoms with van der Waals surface area (Å²) in [6.45, 7) is 18.2. The maximum atomic E-state index is 15.3. The molecule has 87 heavy (non-hydrogen) atoms. The molecule has 0 aliphatic carbocycles. The van der Waals surface area contributed by atoms with E-state index >= 15 is 4.79 Å². The van der Waals surface area contributed by atoms with Crippen LogP contribution in [0.15, 0.2) is 143 Å². The fourth-order valence-corrected chi connectivity index (χ4v) is 13.6. The van der Waals surface area contributed by atoms with Gasteiger partial charge in [0.1, 0.15) is 17.3 Å². The smallest absolute Gasteiger partial charge is 0.338 e. The van der Waals surface area contributed by atoms with E-state index in [0.717, 1.165) is 21.4 Å². The van der Waals surface area contributed by atoms with Crippen LogP contribution in [0.25, 0.3) is 17.0 Å². The van der Waals surface area contributed by atoms with Crippen LogP contribution in [0.2, 0.25) is 0 Å². The van der Waals surface area contributed by atoms with Crippen molar-refractivity contribution in [3.63, 3.8) is 0 Å². The summed E-state index contributed by atoms with van der Waals surface area (Å²) in [5.41, 5.74) is -1.61. The molecule has 3 aliphatic rings. The Labute approximate surface area is 517 Å². The van der Waals surface area contributed by atoms with E-state index in [9.17, 15) is 19.8 Å². The van der Waals surface area contributed by atoms with Gasteiger partial charge in [0.05, 0.1) is 71.3 Å². The number of benzene rings is 4. The largest absolute Gasteiger partial charge is 0.459 e. The number of cyclic esters (lactones) is 1. The van der Waals surface area contributed by atoms with Crippen LogP contribution in [0.3, 0.4) is 0 Å². The lowest BCUT2D eigenvalue weighted by molar-refractivity contribution is -0.319. The Kier molecular flexibility index (Phi) is 22.8. The number of carbonyl (C=O) groups excluding carboxylic acids is 3. The van der Waals surface area contributed by atoms with Gasteiger partial charge in [0.25, 0.3) is 0 Å². The Morgan fingerprint density at radius 2 is 1.40 bits per heavy atom. The molecule has 3 fully saturated rings. The predicted octanol–water partition coefficient (Wildman–Crippen LogP) is 11.4. The molecule has 17 nitrogen and oxygen atoms in total. The van der Waals surface area contributed by atoms with Gasteiger partial charge < -0.3 is 57.7 Å². The highest BCUT2D eigenvalue weighted by Gasteiger charge is 2.55. The van der Waals surface area contributed by atoms with Crippen molar-refractivity contribution in [2.75, 3.05) is 27.8 Å². The number of hydrogen-bond acceptors (Lipinski definition) is 18. The molecule has 0 bridgehead atoms. The van der Waals surface area contributed by atoms with Gasteiger partial charge in [-0.25, -0.2) is 14.0 Å². The van der Waals surface area contributed by atoms with Crippen molar-refractivity contribution in [1.29, 1.82) is 0 Å². The van der Waals surface area contributed by atoms with Gasteiger partial charge in [-0.05, 0) is 135 Å². The van der Waals surface area contributed by atoms with E-state index in [1.165, 1.54) is 26.0 Å². The number of hydrogen-bond donors (Lipinski definition) is 2. The number of aliphatic hydroxyl groups excluding tert-OH is 1. The Hall–Kier alpha value is -5.90. The van der Waals surface area contributed by atoms with Gasteiger partial charge >= 0.3 is 17.9 Å². The zero-order chi connectivity index (χ0) is 62.8. The van der Waals surface area contributed by atoms with Crippen LogP contribution in [0, 0.1) is 23.7 Å². The topological polar surface area (TPSA) is 203 Å². The average molecular weight is 1220 g/mol. The van der Waals surface area contributed by atoms with E-state index in [0.29, 0.717) is 23.3 Å². The average Bonchev–Trinajstić information content (AvgIpc) is 1.02. The molecular weight excluding hydrogens is 1130 g/mol. The van der Waals surface area contributed by atoms with E-state index in [1.807, 2.05) is 139 Å². The molecule has 470 valence electrons. The van der Waals surface area contributed by atoms with Crippen molar-refractivity contribution in [3.05, 3.63) is 150 Å². The zero-order valence-corrected chi connectivity index (χ0v) is 53.3. The lowest BCUT2D eigenvalue weighted by Gasteiger charge is -2.50. The van der Waals surface area contributed by atoms with Crippen molar-refractivity contribution >= 4 is 52.5 Å². The molecular formula is C69H89N3O14S. The van der Waals surface area contributed by atoms with Gasteiger partial charge in [0.2, 0.25) is 0 Å². The van der Waals surface area contributed by atoms with Crippen molar-refractivity contribution in [2.45, 2.75) is 184 Å². The second kappa shape index (κ2) is 29.6. The molecule has 2 unspecified atom stereocenters. The summed E-state index contributed by atoms with van der Waals surface area (Å²) in [6, 6.07) is 36.6. The number of esters is 3. The minimum Gasteiger partial charge on any atom is -0.459 e. The number of aliphatic hydroxyl groups is 2. The van der Waals surface area contributed by atoms with Crippen molar-refractivity contribution in [1.82, 2.24) is 9.88 Å². The summed E-state index contributed by atoms with van der Waals surface area (Å²) in [4.78, 5) is 50.8. The SMILES string of the molecule is CC[C@@H]1OC(=O)[C@H](C)[C@@H](OC2C[C@@](C)(OC)[C@@H](OC(=O)c3ccccc3)[C@H](C)O2)[C@H](C)[C@@H](OC2O[C@H](C)C[C@H](N(C)C)[C@H]2OC(=O)c2ccccc2)[C@@](C)(OC/C=C/c2cnc3ccccc3c2)C[C@H](C)/C(=N/Sc2ccccc2)[C@@H](C)[C@@H](O)[C@]1(C)O. The van der Waals surface area contributed by atoms with E-state index < -0.39 is 126 Å². The number of fused-ring (bicyclic) bond motifs is 1. The maximum Gasteiger partial charge on any atom is 0.338 e. The van der Waals surface area contributed by atoms with Gasteiger partial charge in [-0.1, -0.05) is 113 Å². The number of likely N-dealkylation sites (N-methyl/N-ethyl adjacent to an activating group) is 1. The number of para-hydroxylation sites is 1. The molecule has 0 spiro atoms. The van der Waals surface area contributed by atoms with E-state index in [2.05, 4.69) is 6.07 Å². The van der Waals surface area contributed by atoms with Crippen LogP contribution in [-0.2, 0) is 47.4 Å². The number of rotatable bonds is 17. The highest BCUT2D eigenvalue weighted by molar-refractivity contribution is 7.98. The highest BCUT2D eigenvalue weighted by Crippen LogP contribution is 2.44. The summed E-state index contributed by atoms with van der Waals surface area (Å²) in [7, 11) is 5.39. The van der Waals surface area contributed by atoms with Gasteiger partial charge in [0, 0.05) is 59.5 Å². The molecule has 0 amide bonds. The third kappa shape index (κ3) is 16.1. The third-order valence-corrected chi connectivity index (χ3v) is 18.5. The lowest BCUT2D eigenvalue weighted by atomic mass is 9.73. The molecule has 3 saturated heterocycles. The maximum absolute atomic E-state index is 15.3. The van der Waals surface area contributed by atoms with Crippen LogP contribution in [0.1, 0.15) is 121 Å². The molecule has 0 radical (unpaired) electrons. The monoisotopic (exact) mass is 1220 g/mol. The molecule has 8 rings (SSSR count). The molecule has 18 heteroatoms. The zero-order valence-electron chi connectivity index (χ0n) is 52.5. The van der Waals surface area contributed by atoms with Crippen LogP contribution < -0.4 is 0 Å². The molecule has 5 aromatic rings. The normalized spacial score (nSPS) is 34.3. The summed E-state index contributed by atoms with van der Waals surface area (Å²) >= 11 is 1.25. The molecule has 18 atom stereocenters. The fourth-order valence-electron chi connectivity index (χ4n) is 12.7. The lowest BCUT2D eigenvalue weighted by Crippen LogP contribution is -2.62. The molecule has 3 aliphatic heterocycles. The van der Waals surface area contributed by atoms with Gasteiger partial charge in [-0.15, -0.1) is 0 Å². The number of methoxy groups -OCH3 is 1. The molecule has 0 saturated carbocycles. The standard InChI is InChI=1S/C69H89N3O14S/c1-14-55-69(10,77)60(73)44(4)57(71-87-52-33-22-17-23-34-52)42(2)39-68(9,79-36-26-27-48-38-51-32-24-25-35-53(51)70-41-48)61(86-66-59(54(72(11)12)37-43(3)80-66)84-64(75)49-28-18-15-19-29-49)45(5)58(46(6)63(74)82-55)83-56-40-67(8,78-13)62(47(7)81-56)85-65(76)50-30-20-16-21-31-50/h15-35,38,41-47,54-56,58-62,66,73,77H,14,36-37,39-40H2,1-13H3/b27-26+,71-57-/t42-,43+,44+,45-,46+,47-,54-,55-,56?,58-,59+,60+,61+,62-,66?,67+,68-,69+/m0/s1. The second-order valence-electron chi connectivity index (χ2n) is 24.6. The molecule has 1 aromatic heterocycles. The Morgan fingerprint density at radius 3 is 2.03 bits per heavy atom. The van der Waals surface area contributed by atoms with E-state index in [4.69, 9.17) is 52.0 Å². The van der Waals surface area contributed by atoms with Crippen LogP contribution in [0.5, 0.6) is 0 Å². The minimum atomic E-state index is -1.99.